The van der Waals surface area contributed by atoms with Crippen LogP contribution < -0.4 is 0 Å². The molecule has 0 unspecified atom stereocenters. The van der Waals surface area contributed by atoms with Gasteiger partial charge in [0, 0.05) is 110 Å². The van der Waals surface area contributed by atoms with Crippen molar-refractivity contribution in [2.24, 2.45) is 0 Å². The first kappa shape index (κ1) is 83.9. The van der Waals surface area contributed by atoms with E-state index in [1.807, 2.05) is 121 Å². The van der Waals surface area contributed by atoms with E-state index in [0.29, 0.717) is 34.6 Å². The number of para-hydroxylation sites is 7. The fourth-order valence-electron chi connectivity index (χ4n) is 22.0. The average molecular weight is 1880 g/mol. The third-order valence-electron chi connectivity index (χ3n) is 28.7. The summed E-state index contributed by atoms with van der Waals surface area (Å²) in [4.78, 5) is 30.7. The third kappa shape index (κ3) is 14.3. The molecule has 0 amide bonds. The number of fused-ring (bicyclic) bond motifs is 25. The monoisotopic (exact) mass is 1880 g/mol. The Morgan fingerprint density at radius 1 is 0.156 bits per heavy atom. The van der Waals surface area contributed by atoms with Crippen molar-refractivity contribution in [3.63, 3.8) is 0 Å². The number of hydrogen-bond acceptors (Lipinski definition) is 11. The number of hydrogen-bond donors (Lipinski definition) is 0. The summed E-state index contributed by atoms with van der Waals surface area (Å²) in [6, 6.07) is 169. The predicted octanol–water partition coefficient (Wildman–Crippen LogP) is 36.1. The van der Waals surface area contributed by atoms with Crippen LogP contribution in [-0.4, -0.2) is 39.0 Å². The minimum absolute atomic E-state index is 0.572. The summed E-state index contributed by atoms with van der Waals surface area (Å²) in [5.74, 6) is 1.86. The van der Waals surface area contributed by atoms with E-state index >= 15 is 0 Å². The van der Waals surface area contributed by atoms with Gasteiger partial charge in [0.1, 0.15) is 39.1 Å². The Balaban J connectivity index is 0.000000105. The predicted molar refractivity (Wildman–Crippen MR) is 601 cm³/mol. The molecule has 31 aromatic rings. The molecule has 0 spiro atoms. The maximum absolute atomic E-state index is 6.37. The molecule has 0 radical (unpaired) electrons. The Bertz CT molecular complexity index is 10800. The van der Waals surface area contributed by atoms with E-state index in [1.54, 1.807) is 0 Å². The summed E-state index contributed by atoms with van der Waals surface area (Å²) in [6.45, 7) is 0. The van der Waals surface area contributed by atoms with Gasteiger partial charge in [-0.25, -0.2) is 15.0 Å². The summed E-state index contributed by atoms with van der Waals surface area (Å²) in [7, 11) is 0. The highest BCUT2D eigenvalue weighted by Gasteiger charge is 2.27. The number of benzene rings is 21. The first-order valence-corrected chi connectivity index (χ1v) is 49.3. The smallest absolute Gasteiger partial charge is 0.231 e. The van der Waals surface area contributed by atoms with E-state index in [4.69, 9.17) is 52.0 Å². The Labute approximate surface area is 839 Å². The molecule has 0 saturated heterocycles. The van der Waals surface area contributed by atoms with Gasteiger partial charge in [-0.15, -0.1) is 0 Å². The molecule has 21 aromatic carbocycles. The summed E-state index contributed by atoms with van der Waals surface area (Å²) in [5, 5.41) is 20.1. The van der Waals surface area contributed by atoms with E-state index in [1.165, 1.54) is 54.1 Å². The molecule has 10 aromatic heterocycles. The first-order valence-electron chi connectivity index (χ1n) is 49.3. The van der Waals surface area contributed by atoms with Gasteiger partial charge in [0.2, 0.25) is 17.1 Å². The molecule has 0 aliphatic rings. The minimum Gasteiger partial charge on any atom is -0.456 e. The maximum atomic E-state index is 6.37. The van der Waals surface area contributed by atoms with E-state index in [9.17, 15) is 0 Å². The fraction of sp³-hybridized carbons (Fsp3) is 0. The van der Waals surface area contributed by atoms with Gasteiger partial charge < -0.3 is 31.2 Å². The summed E-state index contributed by atoms with van der Waals surface area (Å²) in [6.07, 6.45) is 0. The lowest BCUT2D eigenvalue weighted by atomic mass is 9.96. The summed E-state index contributed by atoms with van der Waals surface area (Å²) >= 11 is 0. The molecule has 0 aliphatic heterocycles. The van der Waals surface area contributed by atoms with Gasteiger partial charge in [-0.05, 0) is 176 Å². The van der Waals surface area contributed by atoms with E-state index < -0.39 is 0 Å². The lowest BCUT2D eigenvalue weighted by Crippen LogP contribution is -1.97. The molecule has 13 heteroatoms. The van der Waals surface area contributed by atoms with Crippen molar-refractivity contribution in [2.45, 2.75) is 0 Å². The van der Waals surface area contributed by atoms with Crippen LogP contribution in [0, 0.1) is 0 Å². The second-order valence-electron chi connectivity index (χ2n) is 37.3. The van der Waals surface area contributed by atoms with Gasteiger partial charge in [0.25, 0.3) is 0 Å². The van der Waals surface area contributed by atoms with Crippen LogP contribution in [0.3, 0.4) is 0 Å². The number of aromatic nitrogens is 8. The van der Waals surface area contributed by atoms with Crippen molar-refractivity contribution in [3.05, 3.63) is 485 Å². The van der Waals surface area contributed by atoms with Crippen molar-refractivity contribution < 1.29 is 22.1 Å². The topological polar surface area (TPSA) is 153 Å². The zero-order valence-electron chi connectivity index (χ0n) is 78.8. The van der Waals surface area contributed by atoms with E-state index in [2.05, 4.69) is 373 Å². The van der Waals surface area contributed by atoms with Gasteiger partial charge in [-0.3, -0.25) is 0 Å². The summed E-state index contributed by atoms with van der Waals surface area (Å²) < 4.78 is 36.3. The molecule has 31 rings (SSSR count). The van der Waals surface area contributed by atoms with E-state index in [-0.39, 0.29) is 0 Å². The third-order valence-corrected chi connectivity index (χ3v) is 28.7. The van der Waals surface area contributed by atoms with E-state index in [0.717, 1.165) is 210 Å². The van der Waals surface area contributed by atoms with Gasteiger partial charge in [0.05, 0.1) is 55.3 Å². The maximum Gasteiger partial charge on any atom is 0.231 e. The Kier molecular flexibility index (Phi) is 19.7. The number of rotatable bonds is 12. The van der Waals surface area contributed by atoms with Crippen molar-refractivity contribution in [1.29, 1.82) is 0 Å². The number of furan rings is 5. The van der Waals surface area contributed by atoms with Crippen LogP contribution in [0.15, 0.2) is 507 Å². The van der Waals surface area contributed by atoms with Crippen molar-refractivity contribution in [1.82, 2.24) is 39.0 Å². The zero-order valence-corrected chi connectivity index (χ0v) is 78.8. The lowest BCUT2D eigenvalue weighted by Gasteiger charge is -2.11. The fourth-order valence-corrected chi connectivity index (χ4v) is 22.0. The molecule has 10 heterocycles. The van der Waals surface area contributed by atoms with Gasteiger partial charge in [0.15, 0.2) is 17.5 Å². The Morgan fingerprint density at radius 3 is 1.01 bits per heavy atom. The van der Waals surface area contributed by atoms with Crippen molar-refractivity contribution in [2.75, 3.05) is 0 Å². The van der Waals surface area contributed by atoms with Crippen molar-refractivity contribution >= 4 is 175 Å². The molecular weight excluding hydrogens is 1800 g/mol. The van der Waals surface area contributed by atoms with Crippen LogP contribution in [0.25, 0.3) is 299 Å². The molecule has 0 bridgehead atoms. The second kappa shape index (κ2) is 34.5. The Hall–Kier alpha value is -20.0. The molecule has 0 fully saturated rings. The minimum atomic E-state index is 0.572. The largest absolute Gasteiger partial charge is 0.456 e. The SMILES string of the molecule is c1ccc(-c2cccc(-c3nc(-c4cccc(-c5cccc(-c6cccc7c6oc6ccccc67)c5)c4)nc4oc5ccccc5c34)c2)cc1.c1ccc(-c2nc(-c3cccc(-n4c5ccc(-c6ccc7oc8ccccc8c7c6)cc5c5c6ccccc6ccc54)c3)nc3oc4ccccc4c23)cc1.c1ccc(-c2nc(-c3cccc(-n4c5ccccc5c5c6ccccc6ccc54)c3)nc3oc4ccccc4c23)cc1. The Morgan fingerprint density at radius 2 is 0.483 bits per heavy atom. The molecule has 0 aliphatic carbocycles. The average Bonchev–Trinajstić information content (AvgIpc) is 1.57. The highest BCUT2D eigenvalue weighted by atomic mass is 16.4. The summed E-state index contributed by atoms with van der Waals surface area (Å²) in [5.41, 5.74) is 31.7. The van der Waals surface area contributed by atoms with Crippen LogP contribution in [-0.2, 0) is 0 Å². The standard InChI is InChI=1S/C50H29N3O2.C46H28N2O2.C38H23N3O/c1-2-12-31(13-3-1)48-47-38-18-7-9-20-44(38)55-50(47)52-49(51-48)34-14-10-15-35(27-34)53-41-24-22-32(29-40(41)46-36-16-5-4-11-30(36)21-25-42(46)53)33-23-26-45-39(28-33)37-17-6-8-19-43(37)54-45;1-2-12-29(13-3-1)30-14-9-18-34(27-30)43-42-39-21-5-7-25-41(39)50-46(42)48-45(47-43)35-19-10-16-32(28-35)31-15-8-17-33(26-31)36-22-11-23-38-37-20-4-6-24-40(37)49-44(36)38;1-2-12-25(13-3-1)36-35-30-18-7-9-20-33(30)42-38(35)40-37(39-36)26-14-10-15-27(23-26)41-31-19-8-6-17-29(31)34-28-16-5-4-11-24(28)21-22-32(34)41/h1-29H;1-28H;1-23H. The molecule has 0 N–H and O–H groups in total. The molecule has 0 saturated carbocycles. The quantitative estimate of drug-likeness (QED) is 0.115. The van der Waals surface area contributed by atoms with Crippen LogP contribution in [0.2, 0.25) is 0 Å². The van der Waals surface area contributed by atoms with Gasteiger partial charge in [-0.1, -0.05) is 370 Å². The molecular formula is C134H80N8O5. The van der Waals surface area contributed by atoms with Gasteiger partial charge >= 0.3 is 0 Å². The first-order chi connectivity index (χ1) is 72.8. The lowest BCUT2D eigenvalue weighted by molar-refractivity contribution is 0.653. The van der Waals surface area contributed by atoms with Crippen LogP contribution in [0.1, 0.15) is 0 Å². The van der Waals surface area contributed by atoms with Gasteiger partial charge in [-0.2, -0.15) is 15.0 Å². The van der Waals surface area contributed by atoms with Crippen molar-refractivity contribution in [3.8, 4) is 124 Å². The highest BCUT2D eigenvalue weighted by Crippen LogP contribution is 2.48. The van der Waals surface area contributed by atoms with Crippen LogP contribution in [0.5, 0.6) is 0 Å². The van der Waals surface area contributed by atoms with Crippen LogP contribution >= 0.6 is 0 Å². The number of nitrogens with zero attached hydrogens (tertiary/aromatic N) is 8. The normalized spacial score (nSPS) is 11.8. The molecule has 147 heavy (non-hydrogen) atoms. The highest BCUT2D eigenvalue weighted by molar-refractivity contribution is 6.24. The van der Waals surface area contributed by atoms with Crippen LogP contribution in [0.4, 0.5) is 0 Å². The zero-order chi connectivity index (χ0) is 96.7. The molecule has 13 nitrogen and oxygen atoms in total. The molecule has 686 valence electrons. The second-order valence-corrected chi connectivity index (χ2v) is 37.3. The molecule has 0 atom stereocenters.